The van der Waals surface area contributed by atoms with E-state index in [9.17, 15) is 14.0 Å². The summed E-state index contributed by atoms with van der Waals surface area (Å²) < 4.78 is 14.2. The van der Waals surface area contributed by atoms with Crippen LogP contribution in [-0.2, 0) is 16.0 Å². The second kappa shape index (κ2) is 6.44. The van der Waals surface area contributed by atoms with Crippen LogP contribution in [0.3, 0.4) is 0 Å². The van der Waals surface area contributed by atoms with Gasteiger partial charge in [0.25, 0.3) is 0 Å². The average Bonchev–Trinajstić information content (AvgIpc) is 2.51. The maximum absolute atomic E-state index is 14.2. The van der Waals surface area contributed by atoms with Crippen LogP contribution >= 0.6 is 0 Å². The van der Waals surface area contributed by atoms with Crippen LogP contribution in [0.15, 0.2) is 12.1 Å². The second-order valence-corrected chi connectivity index (χ2v) is 5.68. The number of carbonyl (C=O) groups excluding carboxylic acids is 2. The van der Waals surface area contributed by atoms with E-state index in [2.05, 4.69) is 10.6 Å². The third kappa shape index (κ3) is 2.97. The SMILES string of the molecule is CCC(CC)(CN)C(=O)Nc1cc2c(cc1F)CCC(=O)N2. The molecule has 120 valence electrons. The molecule has 0 unspecified atom stereocenters. The Hall–Kier alpha value is -1.95. The number of hydrogen-bond donors (Lipinski definition) is 3. The minimum atomic E-state index is -0.703. The van der Waals surface area contributed by atoms with Gasteiger partial charge in [-0.25, -0.2) is 4.39 Å². The molecule has 6 heteroatoms. The van der Waals surface area contributed by atoms with E-state index in [1.54, 1.807) is 0 Å². The molecule has 1 heterocycles. The molecule has 0 fully saturated rings. The number of hydrogen-bond acceptors (Lipinski definition) is 3. The molecule has 0 aliphatic carbocycles. The van der Waals surface area contributed by atoms with Crippen molar-refractivity contribution >= 4 is 23.2 Å². The van der Waals surface area contributed by atoms with Gasteiger partial charge in [0, 0.05) is 18.7 Å². The van der Waals surface area contributed by atoms with Crippen LogP contribution in [0.25, 0.3) is 0 Å². The molecule has 4 N–H and O–H groups in total. The van der Waals surface area contributed by atoms with Gasteiger partial charge in [0.2, 0.25) is 11.8 Å². The van der Waals surface area contributed by atoms with Crippen molar-refractivity contribution in [3.8, 4) is 0 Å². The smallest absolute Gasteiger partial charge is 0.231 e. The lowest BCUT2D eigenvalue weighted by Gasteiger charge is -2.29. The first kappa shape index (κ1) is 16.4. The Labute approximate surface area is 129 Å². The molecule has 0 saturated heterocycles. The number of nitrogens with two attached hydrogens (primary N) is 1. The molecule has 5 nitrogen and oxygen atoms in total. The quantitative estimate of drug-likeness (QED) is 0.781. The normalized spacial score (nSPS) is 14.3. The van der Waals surface area contributed by atoms with Crippen LogP contribution in [0.4, 0.5) is 15.8 Å². The topological polar surface area (TPSA) is 84.2 Å². The van der Waals surface area contributed by atoms with Crippen LogP contribution in [-0.4, -0.2) is 18.4 Å². The Bertz CT molecular complexity index is 589. The summed E-state index contributed by atoms with van der Waals surface area (Å²) in [6.07, 6.45) is 2.01. The molecule has 22 heavy (non-hydrogen) atoms. The van der Waals surface area contributed by atoms with Crippen molar-refractivity contribution in [1.29, 1.82) is 0 Å². The summed E-state index contributed by atoms with van der Waals surface area (Å²) >= 11 is 0. The van der Waals surface area contributed by atoms with Crippen molar-refractivity contribution in [1.82, 2.24) is 0 Å². The summed E-state index contributed by atoms with van der Waals surface area (Å²) in [5, 5.41) is 5.32. The summed E-state index contributed by atoms with van der Waals surface area (Å²) in [5.74, 6) is -0.892. The highest BCUT2D eigenvalue weighted by atomic mass is 19.1. The molecule has 0 spiro atoms. The largest absolute Gasteiger partial charge is 0.329 e. The summed E-state index contributed by atoms with van der Waals surface area (Å²) in [6, 6.07) is 2.85. The van der Waals surface area contributed by atoms with Gasteiger partial charge < -0.3 is 16.4 Å². The lowest BCUT2D eigenvalue weighted by atomic mass is 9.81. The lowest BCUT2D eigenvalue weighted by Crippen LogP contribution is -2.41. The van der Waals surface area contributed by atoms with Gasteiger partial charge in [-0.15, -0.1) is 0 Å². The van der Waals surface area contributed by atoms with Crippen molar-refractivity contribution in [3.05, 3.63) is 23.5 Å². The number of benzene rings is 1. The highest BCUT2D eigenvalue weighted by Gasteiger charge is 2.34. The van der Waals surface area contributed by atoms with Crippen molar-refractivity contribution in [3.63, 3.8) is 0 Å². The van der Waals surface area contributed by atoms with E-state index >= 15 is 0 Å². The summed E-state index contributed by atoms with van der Waals surface area (Å²) in [6.45, 7) is 3.98. The maximum Gasteiger partial charge on any atom is 0.231 e. The predicted octanol–water partition coefficient (Wildman–Crippen LogP) is 2.41. The van der Waals surface area contributed by atoms with Crippen molar-refractivity contribution < 1.29 is 14.0 Å². The van der Waals surface area contributed by atoms with E-state index in [0.717, 1.165) is 5.56 Å². The van der Waals surface area contributed by atoms with Gasteiger partial charge in [-0.2, -0.15) is 0 Å². The zero-order valence-corrected chi connectivity index (χ0v) is 13.0. The molecule has 1 aliphatic heterocycles. The molecule has 0 aromatic heterocycles. The Morgan fingerprint density at radius 3 is 2.64 bits per heavy atom. The zero-order valence-electron chi connectivity index (χ0n) is 13.0. The first-order valence-corrected chi connectivity index (χ1v) is 7.59. The molecule has 2 amide bonds. The molecule has 1 aromatic rings. The monoisotopic (exact) mass is 307 g/mol. The minimum absolute atomic E-state index is 0.0747. The highest BCUT2D eigenvalue weighted by Crippen LogP contribution is 2.31. The fourth-order valence-corrected chi connectivity index (χ4v) is 2.70. The van der Waals surface area contributed by atoms with Crippen LogP contribution in [0.1, 0.15) is 38.7 Å². The second-order valence-electron chi connectivity index (χ2n) is 5.68. The first-order valence-electron chi connectivity index (χ1n) is 7.59. The number of aryl methyl sites for hydroxylation is 1. The van der Waals surface area contributed by atoms with E-state index in [1.807, 2.05) is 13.8 Å². The number of carbonyl (C=O) groups is 2. The summed E-state index contributed by atoms with van der Waals surface area (Å²) in [5.41, 5.74) is 6.41. The number of fused-ring (bicyclic) bond motifs is 1. The number of rotatable bonds is 5. The fourth-order valence-electron chi connectivity index (χ4n) is 2.70. The Morgan fingerprint density at radius 1 is 1.36 bits per heavy atom. The molecule has 2 rings (SSSR count). The van der Waals surface area contributed by atoms with Crippen LogP contribution in [0, 0.1) is 11.2 Å². The first-order chi connectivity index (χ1) is 10.5. The van der Waals surface area contributed by atoms with Crippen molar-refractivity contribution in [2.45, 2.75) is 39.5 Å². The molecule has 0 saturated carbocycles. The zero-order chi connectivity index (χ0) is 16.3. The van der Waals surface area contributed by atoms with E-state index in [-0.39, 0.29) is 24.0 Å². The molecular weight excluding hydrogens is 285 g/mol. The van der Waals surface area contributed by atoms with Crippen LogP contribution in [0.5, 0.6) is 0 Å². The van der Waals surface area contributed by atoms with E-state index in [0.29, 0.717) is 31.4 Å². The van der Waals surface area contributed by atoms with E-state index < -0.39 is 11.2 Å². The molecule has 1 aliphatic rings. The van der Waals surface area contributed by atoms with Crippen molar-refractivity contribution in [2.24, 2.45) is 11.1 Å². The predicted molar refractivity (Wildman–Crippen MR) is 84.0 cm³/mol. The maximum atomic E-state index is 14.2. The molecule has 0 radical (unpaired) electrons. The van der Waals surface area contributed by atoms with Crippen molar-refractivity contribution in [2.75, 3.05) is 17.2 Å². The van der Waals surface area contributed by atoms with Gasteiger partial charge >= 0.3 is 0 Å². The van der Waals surface area contributed by atoms with Crippen LogP contribution in [0.2, 0.25) is 0 Å². The Morgan fingerprint density at radius 2 is 2.05 bits per heavy atom. The minimum Gasteiger partial charge on any atom is -0.329 e. The fraction of sp³-hybridized carbons (Fsp3) is 0.500. The van der Waals surface area contributed by atoms with Gasteiger partial charge in [0.05, 0.1) is 11.1 Å². The number of amides is 2. The number of nitrogens with one attached hydrogen (secondary N) is 2. The average molecular weight is 307 g/mol. The van der Waals surface area contributed by atoms with Gasteiger partial charge in [-0.3, -0.25) is 9.59 Å². The molecule has 0 bridgehead atoms. The number of halogens is 1. The van der Waals surface area contributed by atoms with Gasteiger partial charge in [-0.1, -0.05) is 13.8 Å². The third-order valence-corrected chi connectivity index (χ3v) is 4.56. The molecule has 1 aromatic carbocycles. The summed E-state index contributed by atoms with van der Waals surface area (Å²) in [4.78, 5) is 23.9. The van der Waals surface area contributed by atoms with Gasteiger partial charge in [-0.05, 0) is 37.0 Å². The van der Waals surface area contributed by atoms with E-state index in [1.165, 1.54) is 12.1 Å². The van der Waals surface area contributed by atoms with Gasteiger partial charge in [0.1, 0.15) is 5.82 Å². The van der Waals surface area contributed by atoms with Gasteiger partial charge in [0.15, 0.2) is 0 Å². The Balaban J connectivity index is 2.28. The summed E-state index contributed by atoms with van der Waals surface area (Å²) in [7, 11) is 0. The molecule has 0 atom stereocenters. The standard InChI is InChI=1S/C16H22FN3O2/c1-3-16(4-2,9-18)15(22)20-13-8-12-10(7-11(13)17)5-6-14(21)19-12/h7-8H,3-6,9,18H2,1-2H3,(H,19,21)(H,20,22). The lowest BCUT2D eigenvalue weighted by molar-refractivity contribution is -0.125. The molecular formula is C16H22FN3O2. The van der Waals surface area contributed by atoms with E-state index in [4.69, 9.17) is 5.73 Å². The highest BCUT2D eigenvalue weighted by molar-refractivity contribution is 5.98. The number of anilines is 2. The van der Waals surface area contributed by atoms with Crippen LogP contribution < -0.4 is 16.4 Å². The Kier molecular flexibility index (Phi) is 4.81. The third-order valence-electron chi connectivity index (χ3n) is 4.56.